The molecule has 6 nitrogen and oxygen atoms in total. The van der Waals surface area contributed by atoms with Crippen LogP contribution in [0.1, 0.15) is 43.5 Å². The molecule has 0 aromatic carbocycles. The first-order chi connectivity index (χ1) is 10.8. The van der Waals surface area contributed by atoms with E-state index in [1.165, 1.54) is 0 Å². The second kappa shape index (κ2) is 8.92. The third-order valence-corrected chi connectivity index (χ3v) is 3.24. The van der Waals surface area contributed by atoms with Crippen molar-refractivity contribution in [3.05, 3.63) is 41.8 Å². The van der Waals surface area contributed by atoms with Crippen LogP contribution in [-0.2, 0) is 24.1 Å². The van der Waals surface area contributed by atoms with E-state index in [4.69, 9.17) is 4.52 Å². The molecule has 2 rings (SSSR count). The molecule has 118 valence electrons. The summed E-state index contributed by atoms with van der Waals surface area (Å²) in [4.78, 5) is 20.1. The fraction of sp³-hybridized carbons (Fsp3) is 0.500. The van der Waals surface area contributed by atoms with Crippen LogP contribution in [0.25, 0.3) is 0 Å². The summed E-state index contributed by atoms with van der Waals surface area (Å²) in [6.45, 7) is 2.71. The van der Waals surface area contributed by atoms with Gasteiger partial charge in [-0.1, -0.05) is 18.1 Å². The highest BCUT2D eigenvalue weighted by atomic mass is 16.5. The molecule has 0 aliphatic rings. The predicted octanol–water partition coefficient (Wildman–Crippen LogP) is 2.10. The first kappa shape index (κ1) is 16.1. The topological polar surface area (TPSA) is 80.9 Å². The molecule has 2 aromatic heterocycles. The van der Waals surface area contributed by atoms with Crippen molar-refractivity contribution in [2.45, 2.75) is 45.4 Å². The van der Waals surface area contributed by atoms with Crippen LogP contribution in [0.4, 0.5) is 0 Å². The summed E-state index contributed by atoms with van der Waals surface area (Å²) in [5, 5.41) is 6.80. The van der Waals surface area contributed by atoms with Gasteiger partial charge in [0.1, 0.15) is 0 Å². The van der Waals surface area contributed by atoms with Crippen LogP contribution in [0.15, 0.2) is 29.0 Å². The maximum atomic E-state index is 11.7. The molecule has 1 N–H and O–H groups in total. The number of pyridine rings is 1. The zero-order valence-corrected chi connectivity index (χ0v) is 12.9. The molecule has 0 spiro atoms. The number of amides is 1. The van der Waals surface area contributed by atoms with E-state index in [0.717, 1.165) is 30.7 Å². The summed E-state index contributed by atoms with van der Waals surface area (Å²) in [5.74, 6) is 1.42. The van der Waals surface area contributed by atoms with E-state index in [1.807, 2.05) is 18.3 Å². The molecular weight excluding hydrogens is 280 g/mol. The predicted molar refractivity (Wildman–Crippen MR) is 82.2 cm³/mol. The number of carbonyl (C=O) groups excluding carboxylic acids is 1. The van der Waals surface area contributed by atoms with Crippen molar-refractivity contribution in [2.75, 3.05) is 6.54 Å². The molecule has 0 aliphatic carbocycles. The van der Waals surface area contributed by atoms with Crippen molar-refractivity contribution in [2.24, 2.45) is 0 Å². The Morgan fingerprint density at radius 1 is 1.32 bits per heavy atom. The van der Waals surface area contributed by atoms with Crippen molar-refractivity contribution in [3.63, 3.8) is 0 Å². The molecule has 2 heterocycles. The third kappa shape index (κ3) is 5.63. The Bertz CT molecular complexity index is 569. The lowest BCUT2D eigenvalue weighted by Crippen LogP contribution is -2.25. The van der Waals surface area contributed by atoms with Crippen LogP contribution in [0, 0.1) is 0 Å². The Morgan fingerprint density at radius 3 is 3.00 bits per heavy atom. The summed E-state index contributed by atoms with van der Waals surface area (Å²) in [7, 11) is 0. The van der Waals surface area contributed by atoms with Crippen molar-refractivity contribution < 1.29 is 9.32 Å². The largest absolute Gasteiger partial charge is 0.356 e. The van der Waals surface area contributed by atoms with Gasteiger partial charge in [-0.3, -0.25) is 9.78 Å². The summed E-state index contributed by atoms with van der Waals surface area (Å²) < 4.78 is 5.14. The van der Waals surface area contributed by atoms with E-state index in [9.17, 15) is 4.79 Å². The molecule has 0 atom stereocenters. The van der Waals surface area contributed by atoms with Gasteiger partial charge in [0.15, 0.2) is 5.82 Å². The lowest BCUT2D eigenvalue weighted by molar-refractivity contribution is -0.121. The van der Waals surface area contributed by atoms with Gasteiger partial charge in [0.2, 0.25) is 11.8 Å². The second-order valence-corrected chi connectivity index (χ2v) is 5.17. The maximum absolute atomic E-state index is 11.7. The van der Waals surface area contributed by atoms with Gasteiger partial charge in [0, 0.05) is 38.2 Å². The smallest absolute Gasteiger partial charge is 0.226 e. The monoisotopic (exact) mass is 302 g/mol. The van der Waals surface area contributed by atoms with Crippen molar-refractivity contribution in [3.8, 4) is 0 Å². The fourth-order valence-corrected chi connectivity index (χ4v) is 2.10. The van der Waals surface area contributed by atoms with Crippen LogP contribution < -0.4 is 5.32 Å². The summed E-state index contributed by atoms with van der Waals surface area (Å²) in [6.07, 6.45) is 8.01. The van der Waals surface area contributed by atoms with Gasteiger partial charge in [0.05, 0.1) is 0 Å². The molecule has 2 aromatic rings. The van der Waals surface area contributed by atoms with Gasteiger partial charge in [-0.25, -0.2) is 0 Å². The molecule has 0 saturated heterocycles. The maximum Gasteiger partial charge on any atom is 0.226 e. The Kier molecular flexibility index (Phi) is 6.54. The zero-order valence-electron chi connectivity index (χ0n) is 12.9. The van der Waals surface area contributed by atoms with E-state index < -0.39 is 0 Å². The minimum Gasteiger partial charge on any atom is -0.356 e. The quantitative estimate of drug-likeness (QED) is 0.767. The van der Waals surface area contributed by atoms with E-state index in [2.05, 4.69) is 27.4 Å². The number of carbonyl (C=O) groups is 1. The van der Waals surface area contributed by atoms with Gasteiger partial charge < -0.3 is 9.84 Å². The average molecular weight is 302 g/mol. The molecule has 0 bridgehead atoms. The molecule has 0 aliphatic heterocycles. The Labute approximate surface area is 130 Å². The minimum absolute atomic E-state index is 0.0530. The minimum atomic E-state index is 0.0530. The van der Waals surface area contributed by atoms with Crippen molar-refractivity contribution in [1.29, 1.82) is 0 Å². The fourth-order valence-electron chi connectivity index (χ4n) is 2.10. The number of rotatable bonds is 9. The molecule has 1 amide bonds. The second-order valence-electron chi connectivity index (χ2n) is 5.17. The number of aryl methyl sites for hydroxylation is 2. The molecule has 0 unspecified atom stereocenters. The number of aromatic nitrogens is 3. The lowest BCUT2D eigenvalue weighted by atomic mass is 10.2. The summed E-state index contributed by atoms with van der Waals surface area (Å²) in [6, 6.07) is 3.90. The van der Waals surface area contributed by atoms with Crippen LogP contribution in [-0.4, -0.2) is 27.6 Å². The number of hydrogen-bond donors (Lipinski definition) is 1. The molecule has 0 radical (unpaired) electrons. The van der Waals surface area contributed by atoms with Gasteiger partial charge in [-0.2, -0.15) is 4.98 Å². The third-order valence-electron chi connectivity index (χ3n) is 3.24. The molecule has 0 fully saturated rings. The van der Waals surface area contributed by atoms with Crippen LogP contribution >= 0.6 is 0 Å². The molecule has 0 saturated carbocycles. The SMILES string of the molecule is CCCc1noc(CCCC(=O)NCCc2cccnc2)n1. The standard InChI is InChI=1S/C16H22N4O2/c1-2-5-14-19-16(22-20-14)8-3-7-15(21)18-11-9-13-6-4-10-17-12-13/h4,6,10,12H,2-3,5,7-9,11H2,1H3,(H,18,21). The van der Waals surface area contributed by atoms with E-state index in [0.29, 0.717) is 31.7 Å². The van der Waals surface area contributed by atoms with E-state index >= 15 is 0 Å². The van der Waals surface area contributed by atoms with Crippen molar-refractivity contribution in [1.82, 2.24) is 20.4 Å². The Morgan fingerprint density at radius 2 is 2.23 bits per heavy atom. The number of nitrogens with zero attached hydrogens (tertiary/aromatic N) is 3. The summed E-state index contributed by atoms with van der Waals surface area (Å²) in [5.41, 5.74) is 1.12. The molecular formula is C16H22N4O2. The van der Waals surface area contributed by atoms with Gasteiger partial charge in [-0.05, 0) is 30.9 Å². The van der Waals surface area contributed by atoms with E-state index in [-0.39, 0.29) is 5.91 Å². The highest BCUT2D eigenvalue weighted by Crippen LogP contribution is 2.04. The first-order valence-corrected chi connectivity index (χ1v) is 7.75. The highest BCUT2D eigenvalue weighted by molar-refractivity contribution is 5.75. The van der Waals surface area contributed by atoms with Gasteiger partial charge in [0.25, 0.3) is 0 Å². The number of hydrogen-bond acceptors (Lipinski definition) is 5. The molecule has 6 heteroatoms. The van der Waals surface area contributed by atoms with Crippen LogP contribution in [0.2, 0.25) is 0 Å². The van der Waals surface area contributed by atoms with Gasteiger partial charge >= 0.3 is 0 Å². The van der Waals surface area contributed by atoms with Crippen LogP contribution in [0.3, 0.4) is 0 Å². The Balaban J connectivity index is 1.59. The Hall–Kier alpha value is -2.24. The lowest BCUT2D eigenvalue weighted by Gasteiger charge is -2.04. The normalized spacial score (nSPS) is 10.6. The van der Waals surface area contributed by atoms with E-state index in [1.54, 1.807) is 6.20 Å². The highest BCUT2D eigenvalue weighted by Gasteiger charge is 2.07. The van der Waals surface area contributed by atoms with Gasteiger partial charge in [-0.15, -0.1) is 0 Å². The number of nitrogens with one attached hydrogen (secondary N) is 1. The molecule has 22 heavy (non-hydrogen) atoms. The van der Waals surface area contributed by atoms with Crippen molar-refractivity contribution >= 4 is 5.91 Å². The first-order valence-electron chi connectivity index (χ1n) is 7.75. The summed E-state index contributed by atoms with van der Waals surface area (Å²) >= 11 is 0. The average Bonchev–Trinajstić information content (AvgIpc) is 2.96. The van der Waals surface area contributed by atoms with Crippen LogP contribution in [0.5, 0.6) is 0 Å². The zero-order chi connectivity index (χ0) is 15.6.